The average Bonchev–Trinajstić information content (AvgIpc) is 2.73. The zero-order chi connectivity index (χ0) is 11.2. The van der Waals surface area contributed by atoms with E-state index in [1.807, 2.05) is 0 Å². The van der Waals surface area contributed by atoms with E-state index in [0.717, 1.165) is 36.8 Å². The molecule has 2 rings (SSSR count). The largest absolute Gasteiger partial charge is 0.289 e. The van der Waals surface area contributed by atoms with E-state index >= 15 is 0 Å². The van der Waals surface area contributed by atoms with Crippen LogP contribution in [-0.2, 0) is 4.79 Å². The average molecular weight is 218 g/mol. The summed E-state index contributed by atoms with van der Waals surface area (Å²) in [5.41, 5.74) is 2.20. The Balaban J connectivity index is 2.04. The predicted molar refractivity (Wildman–Crippen MR) is 67.3 cm³/mol. The Labute approximate surface area is 98.6 Å². The summed E-state index contributed by atoms with van der Waals surface area (Å²) in [6, 6.07) is 0. The molecule has 1 nitrogen and oxygen atoms in total. The van der Waals surface area contributed by atoms with Crippen LogP contribution in [0.5, 0.6) is 0 Å². The van der Waals surface area contributed by atoms with Crippen molar-refractivity contribution in [3.05, 3.63) is 23.3 Å². The maximum absolute atomic E-state index is 12.3. The van der Waals surface area contributed by atoms with Gasteiger partial charge in [-0.3, -0.25) is 4.79 Å². The number of ketones is 1. The Kier molecular flexibility index (Phi) is 4.38. The van der Waals surface area contributed by atoms with E-state index in [-0.39, 0.29) is 0 Å². The van der Waals surface area contributed by atoms with Crippen LogP contribution in [0.25, 0.3) is 0 Å². The predicted octanol–water partition coefficient (Wildman–Crippen LogP) is 4.34. The molecular formula is C15H22O. The molecular weight excluding hydrogens is 196 g/mol. The number of allylic oxidation sites excluding steroid dienone is 4. The van der Waals surface area contributed by atoms with Gasteiger partial charge in [0.05, 0.1) is 0 Å². The third-order valence-electron chi connectivity index (χ3n) is 3.67. The van der Waals surface area contributed by atoms with Crippen LogP contribution in [0.3, 0.4) is 0 Å². The van der Waals surface area contributed by atoms with Gasteiger partial charge in [-0.2, -0.15) is 0 Å². The Morgan fingerprint density at radius 2 is 1.25 bits per heavy atom. The molecule has 0 spiro atoms. The van der Waals surface area contributed by atoms with E-state index < -0.39 is 0 Å². The Hall–Kier alpha value is -0.850. The van der Waals surface area contributed by atoms with E-state index in [1.165, 1.54) is 38.5 Å². The first-order chi connectivity index (χ1) is 7.88. The third kappa shape index (κ3) is 3.07. The molecule has 88 valence electrons. The first kappa shape index (κ1) is 11.6. The molecule has 0 bridgehead atoms. The van der Waals surface area contributed by atoms with Crippen molar-refractivity contribution in [1.82, 2.24) is 0 Å². The lowest BCUT2D eigenvalue weighted by Gasteiger charge is -2.07. The molecule has 0 aromatic rings. The summed E-state index contributed by atoms with van der Waals surface area (Å²) in [6.45, 7) is 0. The summed E-state index contributed by atoms with van der Waals surface area (Å²) < 4.78 is 0. The zero-order valence-corrected chi connectivity index (χ0v) is 10.1. The standard InChI is InChI=1S/C15H22O/c16-15(13-9-5-1-2-6-10-13)14-11-7-3-4-8-12-14/h9,11H,1-8,10,12H2. The lowest BCUT2D eigenvalue weighted by Crippen LogP contribution is -2.06. The molecule has 0 saturated heterocycles. The van der Waals surface area contributed by atoms with Gasteiger partial charge in [0.2, 0.25) is 0 Å². The molecule has 0 aliphatic heterocycles. The number of Topliss-reactive ketones (excluding diaryl/α,β-unsaturated/α-hetero) is 1. The van der Waals surface area contributed by atoms with Crippen LogP contribution < -0.4 is 0 Å². The van der Waals surface area contributed by atoms with Gasteiger partial charge >= 0.3 is 0 Å². The molecule has 1 heteroatoms. The molecule has 0 saturated carbocycles. The van der Waals surface area contributed by atoms with Gasteiger partial charge in [-0.15, -0.1) is 0 Å². The van der Waals surface area contributed by atoms with Gasteiger partial charge in [-0.1, -0.05) is 25.0 Å². The van der Waals surface area contributed by atoms with Crippen LogP contribution in [0, 0.1) is 0 Å². The maximum atomic E-state index is 12.3. The second-order valence-electron chi connectivity index (χ2n) is 4.99. The van der Waals surface area contributed by atoms with Gasteiger partial charge in [-0.05, 0) is 62.5 Å². The zero-order valence-electron chi connectivity index (χ0n) is 10.1. The summed E-state index contributed by atoms with van der Waals surface area (Å²) in [7, 11) is 0. The fourth-order valence-electron chi connectivity index (χ4n) is 2.65. The number of carbonyl (C=O) groups is 1. The van der Waals surface area contributed by atoms with Crippen molar-refractivity contribution >= 4 is 5.78 Å². The van der Waals surface area contributed by atoms with Gasteiger partial charge in [0.25, 0.3) is 0 Å². The van der Waals surface area contributed by atoms with Crippen molar-refractivity contribution in [3.63, 3.8) is 0 Å². The first-order valence-corrected chi connectivity index (χ1v) is 6.81. The van der Waals surface area contributed by atoms with E-state index in [2.05, 4.69) is 12.2 Å². The van der Waals surface area contributed by atoms with E-state index in [9.17, 15) is 4.79 Å². The second-order valence-corrected chi connectivity index (χ2v) is 4.99. The second kappa shape index (κ2) is 6.03. The molecule has 0 unspecified atom stereocenters. The smallest absolute Gasteiger partial charge is 0.184 e. The SMILES string of the molecule is O=C(C1=CCCCCC1)C1=CCCCCC1. The minimum atomic E-state index is 0.365. The quantitative estimate of drug-likeness (QED) is 0.674. The fourth-order valence-corrected chi connectivity index (χ4v) is 2.65. The van der Waals surface area contributed by atoms with Crippen LogP contribution in [0.2, 0.25) is 0 Å². The van der Waals surface area contributed by atoms with Crippen molar-refractivity contribution in [3.8, 4) is 0 Å². The summed E-state index contributed by atoms with van der Waals surface area (Å²) in [6.07, 6.45) is 16.1. The Morgan fingerprint density at radius 3 is 1.75 bits per heavy atom. The number of carbonyl (C=O) groups excluding carboxylic acids is 1. The minimum Gasteiger partial charge on any atom is -0.289 e. The third-order valence-corrected chi connectivity index (χ3v) is 3.67. The highest BCUT2D eigenvalue weighted by Gasteiger charge is 2.16. The van der Waals surface area contributed by atoms with Crippen molar-refractivity contribution in [2.45, 2.75) is 64.2 Å². The van der Waals surface area contributed by atoms with Gasteiger partial charge in [0.1, 0.15) is 0 Å². The van der Waals surface area contributed by atoms with Crippen molar-refractivity contribution in [2.75, 3.05) is 0 Å². The highest BCUT2D eigenvalue weighted by molar-refractivity contribution is 6.08. The molecule has 0 radical (unpaired) electrons. The van der Waals surface area contributed by atoms with Crippen LogP contribution in [-0.4, -0.2) is 5.78 Å². The molecule has 0 atom stereocenters. The topological polar surface area (TPSA) is 17.1 Å². The van der Waals surface area contributed by atoms with Crippen LogP contribution in [0.4, 0.5) is 0 Å². The highest BCUT2D eigenvalue weighted by atomic mass is 16.1. The van der Waals surface area contributed by atoms with Crippen molar-refractivity contribution in [2.24, 2.45) is 0 Å². The Morgan fingerprint density at radius 1 is 0.750 bits per heavy atom. The molecule has 0 aromatic heterocycles. The lowest BCUT2D eigenvalue weighted by atomic mass is 9.96. The lowest BCUT2D eigenvalue weighted by molar-refractivity contribution is -0.112. The molecule has 0 N–H and O–H groups in total. The van der Waals surface area contributed by atoms with Crippen LogP contribution >= 0.6 is 0 Å². The Bertz CT molecular complexity index is 279. The van der Waals surface area contributed by atoms with Crippen molar-refractivity contribution in [1.29, 1.82) is 0 Å². The van der Waals surface area contributed by atoms with Gasteiger partial charge < -0.3 is 0 Å². The summed E-state index contributed by atoms with van der Waals surface area (Å²) in [5.74, 6) is 0.365. The summed E-state index contributed by atoms with van der Waals surface area (Å²) >= 11 is 0. The normalized spacial score (nSPS) is 22.8. The minimum absolute atomic E-state index is 0.365. The van der Waals surface area contributed by atoms with E-state index in [4.69, 9.17) is 0 Å². The maximum Gasteiger partial charge on any atom is 0.184 e. The first-order valence-electron chi connectivity index (χ1n) is 6.81. The van der Waals surface area contributed by atoms with Crippen LogP contribution in [0.1, 0.15) is 64.2 Å². The van der Waals surface area contributed by atoms with Gasteiger partial charge in [0, 0.05) is 0 Å². The summed E-state index contributed by atoms with van der Waals surface area (Å²) in [4.78, 5) is 12.3. The van der Waals surface area contributed by atoms with Gasteiger partial charge in [-0.25, -0.2) is 0 Å². The molecule has 0 heterocycles. The fraction of sp³-hybridized carbons (Fsp3) is 0.667. The van der Waals surface area contributed by atoms with Gasteiger partial charge in [0.15, 0.2) is 5.78 Å². The number of rotatable bonds is 2. The monoisotopic (exact) mass is 218 g/mol. The molecule has 2 aliphatic carbocycles. The van der Waals surface area contributed by atoms with Crippen molar-refractivity contribution < 1.29 is 4.79 Å². The number of hydrogen-bond acceptors (Lipinski definition) is 1. The number of hydrogen-bond donors (Lipinski definition) is 0. The van der Waals surface area contributed by atoms with Crippen LogP contribution in [0.15, 0.2) is 23.3 Å². The molecule has 2 aliphatic rings. The molecule has 0 aromatic carbocycles. The summed E-state index contributed by atoms with van der Waals surface area (Å²) in [5, 5.41) is 0. The molecule has 0 fully saturated rings. The highest BCUT2D eigenvalue weighted by Crippen LogP contribution is 2.25. The van der Waals surface area contributed by atoms with E-state index in [0.29, 0.717) is 5.78 Å². The molecule has 16 heavy (non-hydrogen) atoms. The van der Waals surface area contributed by atoms with E-state index in [1.54, 1.807) is 0 Å². The molecule has 0 amide bonds.